The van der Waals surface area contributed by atoms with Gasteiger partial charge in [0.05, 0.1) is 5.69 Å². The standard InChI is InChI=1S/C15H16N4O2S/c1-9-8-12(18-19(9)3)17-14(21)15(2)13(20)16-10-6-4-5-7-11(10)22-15/h4-8H,1-3H3,(H,16,20)(H,17,18,21). The van der Waals surface area contributed by atoms with Gasteiger partial charge in [-0.25, -0.2) is 0 Å². The lowest BCUT2D eigenvalue weighted by Crippen LogP contribution is -2.49. The largest absolute Gasteiger partial charge is 0.323 e. The number of benzene rings is 1. The number of amides is 2. The van der Waals surface area contributed by atoms with Crippen molar-refractivity contribution in [3.05, 3.63) is 36.0 Å². The van der Waals surface area contributed by atoms with Crippen molar-refractivity contribution in [1.82, 2.24) is 9.78 Å². The average molecular weight is 316 g/mol. The molecule has 0 radical (unpaired) electrons. The molecule has 0 spiro atoms. The predicted molar refractivity (Wildman–Crippen MR) is 85.9 cm³/mol. The minimum atomic E-state index is -1.24. The SMILES string of the molecule is Cc1cc(NC(=O)C2(C)Sc3ccccc3NC2=O)nn1C. The maximum absolute atomic E-state index is 12.6. The Balaban J connectivity index is 1.86. The highest BCUT2D eigenvalue weighted by Crippen LogP contribution is 2.42. The second kappa shape index (κ2) is 5.17. The maximum atomic E-state index is 12.6. The van der Waals surface area contributed by atoms with Crippen molar-refractivity contribution in [2.75, 3.05) is 10.6 Å². The zero-order chi connectivity index (χ0) is 15.9. The topological polar surface area (TPSA) is 76.0 Å². The van der Waals surface area contributed by atoms with Crippen LogP contribution in [0.3, 0.4) is 0 Å². The van der Waals surface area contributed by atoms with Crippen molar-refractivity contribution in [2.45, 2.75) is 23.5 Å². The van der Waals surface area contributed by atoms with Crippen LogP contribution in [-0.4, -0.2) is 26.3 Å². The van der Waals surface area contributed by atoms with E-state index in [9.17, 15) is 9.59 Å². The van der Waals surface area contributed by atoms with Gasteiger partial charge >= 0.3 is 0 Å². The van der Waals surface area contributed by atoms with Gasteiger partial charge in [0.2, 0.25) is 5.91 Å². The third-order valence-corrected chi connectivity index (χ3v) is 5.03. The van der Waals surface area contributed by atoms with Gasteiger partial charge in [-0.1, -0.05) is 23.9 Å². The fraction of sp³-hybridized carbons (Fsp3) is 0.267. The van der Waals surface area contributed by atoms with Crippen molar-refractivity contribution >= 4 is 35.1 Å². The van der Waals surface area contributed by atoms with Gasteiger partial charge in [0, 0.05) is 23.7 Å². The molecule has 1 atom stereocenters. The molecule has 7 heteroatoms. The summed E-state index contributed by atoms with van der Waals surface area (Å²) in [5, 5.41) is 9.70. The van der Waals surface area contributed by atoms with Gasteiger partial charge in [0.1, 0.15) is 0 Å². The Hall–Kier alpha value is -2.28. The van der Waals surface area contributed by atoms with Gasteiger partial charge in [0.15, 0.2) is 10.6 Å². The van der Waals surface area contributed by atoms with Crippen LogP contribution >= 0.6 is 11.8 Å². The van der Waals surface area contributed by atoms with Crippen LogP contribution in [0.15, 0.2) is 35.2 Å². The van der Waals surface area contributed by atoms with Gasteiger partial charge in [-0.2, -0.15) is 5.10 Å². The van der Waals surface area contributed by atoms with E-state index in [1.54, 1.807) is 24.7 Å². The number of hydrogen-bond donors (Lipinski definition) is 2. The molecule has 2 amide bonds. The highest BCUT2D eigenvalue weighted by atomic mass is 32.2. The first-order valence-corrected chi connectivity index (χ1v) is 7.63. The molecule has 0 bridgehead atoms. The molecule has 2 heterocycles. The molecule has 114 valence electrons. The van der Waals surface area contributed by atoms with Crippen LogP contribution in [0.5, 0.6) is 0 Å². The molecule has 6 nitrogen and oxygen atoms in total. The molecule has 1 aliphatic rings. The smallest absolute Gasteiger partial charge is 0.251 e. The summed E-state index contributed by atoms with van der Waals surface area (Å²) in [6.45, 7) is 3.51. The van der Waals surface area contributed by atoms with E-state index in [2.05, 4.69) is 15.7 Å². The summed E-state index contributed by atoms with van der Waals surface area (Å²) in [4.78, 5) is 25.8. The van der Waals surface area contributed by atoms with E-state index in [0.29, 0.717) is 5.82 Å². The van der Waals surface area contributed by atoms with Gasteiger partial charge in [-0.3, -0.25) is 14.3 Å². The number of carbonyl (C=O) groups is 2. The Morgan fingerprint density at radius 3 is 2.82 bits per heavy atom. The number of aryl methyl sites for hydroxylation is 2. The Morgan fingerprint density at radius 1 is 1.41 bits per heavy atom. The molecule has 0 saturated carbocycles. The van der Waals surface area contributed by atoms with Gasteiger partial charge in [0.25, 0.3) is 5.91 Å². The molecule has 1 unspecified atom stereocenters. The van der Waals surface area contributed by atoms with E-state index in [-0.39, 0.29) is 11.8 Å². The molecule has 2 aromatic rings. The summed E-state index contributed by atoms with van der Waals surface area (Å²) in [7, 11) is 1.80. The summed E-state index contributed by atoms with van der Waals surface area (Å²) in [6.07, 6.45) is 0. The Labute approximate surface area is 132 Å². The average Bonchev–Trinajstić information content (AvgIpc) is 2.78. The van der Waals surface area contributed by atoms with Crippen molar-refractivity contribution < 1.29 is 9.59 Å². The van der Waals surface area contributed by atoms with Crippen molar-refractivity contribution in [2.24, 2.45) is 7.05 Å². The number of fused-ring (bicyclic) bond motifs is 1. The quantitative estimate of drug-likeness (QED) is 0.833. The molecule has 1 aromatic carbocycles. The first-order chi connectivity index (χ1) is 10.4. The van der Waals surface area contributed by atoms with Crippen molar-refractivity contribution in [1.29, 1.82) is 0 Å². The molecule has 1 aliphatic heterocycles. The molecular weight excluding hydrogens is 300 g/mol. The lowest BCUT2D eigenvalue weighted by atomic mass is 10.1. The normalized spacial score (nSPS) is 20.2. The molecule has 1 aromatic heterocycles. The van der Waals surface area contributed by atoms with Crippen LogP contribution in [0, 0.1) is 6.92 Å². The van der Waals surface area contributed by atoms with E-state index in [4.69, 9.17) is 0 Å². The fourth-order valence-electron chi connectivity index (χ4n) is 2.17. The van der Waals surface area contributed by atoms with E-state index in [0.717, 1.165) is 16.3 Å². The Kier molecular flexibility index (Phi) is 3.44. The second-order valence-corrected chi connectivity index (χ2v) is 6.79. The summed E-state index contributed by atoms with van der Waals surface area (Å²) >= 11 is 1.25. The second-order valence-electron chi connectivity index (χ2n) is 5.33. The molecular formula is C15H16N4O2S. The number of nitrogens with zero attached hydrogens (tertiary/aromatic N) is 2. The van der Waals surface area contributed by atoms with Crippen molar-refractivity contribution in [3.63, 3.8) is 0 Å². The van der Waals surface area contributed by atoms with Crippen LogP contribution in [0.4, 0.5) is 11.5 Å². The Bertz CT molecular complexity index is 751. The number of carbonyl (C=O) groups excluding carboxylic acids is 2. The molecule has 2 N–H and O–H groups in total. The number of para-hydroxylation sites is 1. The van der Waals surface area contributed by atoms with Gasteiger partial charge in [-0.05, 0) is 26.0 Å². The minimum Gasteiger partial charge on any atom is -0.323 e. The molecule has 22 heavy (non-hydrogen) atoms. The number of rotatable bonds is 2. The zero-order valence-electron chi connectivity index (χ0n) is 12.5. The zero-order valence-corrected chi connectivity index (χ0v) is 13.3. The third-order valence-electron chi connectivity index (χ3n) is 3.67. The van der Waals surface area contributed by atoms with Crippen LogP contribution in [0.1, 0.15) is 12.6 Å². The highest BCUT2D eigenvalue weighted by Gasteiger charge is 2.46. The minimum absolute atomic E-state index is 0.332. The number of nitrogens with one attached hydrogen (secondary N) is 2. The fourth-order valence-corrected chi connectivity index (χ4v) is 3.28. The van der Waals surface area contributed by atoms with Crippen molar-refractivity contribution in [3.8, 4) is 0 Å². The van der Waals surface area contributed by atoms with Crippen LogP contribution in [0.2, 0.25) is 0 Å². The summed E-state index contributed by atoms with van der Waals surface area (Å²) < 4.78 is 0.432. The van der Waals surface area contributed by atoms with Gasteiger partial charge < -0.3 is 10.6 Å². The summed E-state index contributed by atoms with van der Waals surface area (Å²) in [6, 6.07) is 9.19. The van der Waals surface area contributed by atoms with E-state index in [1.165, 1.54) is 11.8 Å². The van der Waals surface area contributed by atoms with E-state index in [1.807, 2.05) is 31.2 Å². The number of hydrogen-bond acceptors (Lipinski definition) is 4. The predicted octanol–water partition coefficient (Wildman–Crippen LogP) is 2.17. The number of thioether (sulfide) groups is 1. The number of anilines is 2. The van der Waals surface area contributed by atoms with Gasteiger partial charge in [-0.15, -0.1) is 0 Å². The summed E-state index contributed by atoms with van der Waals surface area (Å²) in [5.41, 5.74) is 1.66. The van der Waals surface area contributed by atoms with Crippen LogP contribution in [-0.2, 0) is 16.6 Å². The Morgan fingerprint density at radius 2 is 2.14 bits per heavy atom. The first kappa shape index (κ1) is 14.6. The highest BCUT2D eigenvalue weighted by molar-refractivity contribution is 8.02. The molecule has 0 aliphatic carbocycles. The maximum Gasteiger partial charge on any atom is 0.251 e. The number of aromatic nitrogens is 2. The third kappa shape index (κ3) is 2.37. The van der Waals surface area contributed by atoms with E-state index < -0.39 is 4.75 Å². The van der Waals surface area contributed by atoms with Crippen LogP contribution in [0.25, 0.3) is 0 Å². The monoisotopic (exact) mass is 316 g/mol. The molecule has 0 saturated heterocycles. The van der Waals surface area contributed by atoms with Crippen LogP contribution < -0.4 is 10.6 Å². The lowest BCUT2D eigenvalue weighted by molar-refractivity contribution is -0.126. The van der Waals surface area contributed by atoms with E-state index >= 15 is 0 Å². The summed E-state index contributed by atoms with van der Waals surface area (Å²) in [5.74, 6) is -0.276. The lowest BCUT2D eigenvalue weighted by Gasteiger charge is -2.31. The first-order valence-electron chi connectivity index (χ1n) is 6.82. The molecule has 3 rings (SSSR count). The molecule has 0 fully saturated rings.